The Balaban J connectivity index is 2.66. The van der Waals surface area contributed by atoms with Crippen molar-refractivity contribution >= 4 is 0 Å². The molecule has 0 aromatic carbocycles. The number of hydrogen-bond acceptors (Lipinski definition) is 3. The van der Waals surface area contributed by atoms with Crippen LogP contribution in [0.5, 0.6) is 0 Å². The minimum absolute atomic E-state index is 0.183. The summed E-state index contributed by atoms with van der Waals surface area (Å²) in [7, 11) is 0. The molecule has 3 nitrogen and oxygen atoms in total. The Morgan fingerprint density at radius 3 is 2.41 bits per heavy atom. The minimum atomic E-state index is 0.183. The molecule has 1 unspecified atom stereocenters. The lowest BCUT2D eigenvalue weighted by Crippen LogP contribution is -2.55. The molecule has 102 valence electrons. The normalized spacial score (nSPS) is 21.4. The van der Waals surface area contributed by atoms with Crippen LogP contribution in [0.3, 0.4) is 0 Å². The molecule has 0 amide bonds. The maximum atomic E-state index is 6.05. The summed E-state index contributed by atoms with van der Waals surface area (Å²) in [5, 5.41) is 0. The predicted molar refractivity (Wildman–Crippen MR) is 73.2 cm³/mol. The van der Waals surface area contributed by atoms with Crippen molar-refractivity contribution < 1.29 is 4.74 Å². The Hall–Kier alpha value is -0.120. The standard InChI is InChI=1S/C14H30N2O/c1-4-9-16(11-13-8-7-10-17-13)14(5-2,6-3)12-15/h13H,4-12,15H2,1-3H3. The smallest absolute Gasteiger partial charge is 0.0703 e. The number of nitrogens with zero attached hydrogens (tertiary/aromatic N) is 1. The third-order valence-corrected chi connectivity index (χ3v) is 4.31. The molecular formula is C14H30N2O. The molecule has 1 aliphatic rings. The topological polar surface area (TPSA) is 38.5 Å². The summed E-state index contributed by atoms with van der Waals surface area (Å²) in [6.45, 7) is 10.7. The average molecular weight is 242 g/mol. The monoisotopic (exact) mass is 242 g/mol. The lowest BCUT2D eigenvalue weighted by Gasteiger charge is -2.43. The zero-order valence-corrected chi connectivity index (χ0v) is 11.9. The molecule has 1 heterocycles. The zero-order valence-electron chi connectivity index (χ0n) is 11.9. The van der Waals surface area contributed by atoms with E-state index in [9.17, 15) is 0 Å². The summed E-state index contributed by atoms with van der Waals surface area (Å²) in [5.41, 5.74) is 6.23. The van der Waals surface area contributed by atoms with Crippen molar-refractivity contribution in [3.63, 3.8) is 0 Å². The summed E-state index contributed by atoms with van der Waals surface area (Å²) in [6.07, 6.45) is 6.33. The molecule has 1 atom stereocenters. The number of rotatable bonds is 8. The van der Waals surface area contributed by atoms with Gasteiger partial charge in [-0.1, -0.05) is 20.8 Å². The van der Waals surface area contributed by atoms with Crippen LogP contribution in [0, 0.1) is 0 Å². The summed E-state index contributed by atoms with van der Waals surface area (Å²) in [5.74, 6) is 0. The Morgan fingerprint density at radius 2 is 2.00 bits per heavy atom. The van der Waals surface area contributed by atoms with Gasteiger partial charge >= 0.3 is 0 Å². The molecule has 1 saturated heterocycles. The van der Waals surface area contributed by atoms with Gasteiger partial charge < -0.3 is 10.5 Å². The largest absolute Gasteiger partial charge is 0.377 e. The molecule has 17 heavy (non-hydrogen) atoms. The van der Waals surface area contributed by atoms with E-state index in [-0.39, 0.29) is 5.54 Å². The van der Waals surface area contributed by atoms with Crippen LogP contribution < -0.4 is 5.73 Å². The van der Waals surface area contributed by atoms with Gasteiger partial charge in [0.1, 0.15) is 0 Å². The van der Waals surface area contributed by atoms with Crippen molar-refractivity contribution in [2.24, 2.45) is 5.73 Å². The zero-order chi connectivity index (χ0) is 12.7. The van der Waals surface area contributed by atoms with E-state index in [0.717, 1.165) is 39.1 Å². The van der Waals surface area contributed by atoms with E-state index in [1.165, 1.54) is 19.3 Å². The minimum Gasteiger partial charge on any atom is -0.377 e. The molecule has 0 radical (unpaired) electrons. The van der Waals surface area contributed by atoms with Gasteiger partial charge in [-0.25, -0.2) is 0 Å². The fourth-order valence-electron chi connectivity index (χ4n) is 2.94. The van der Waals surface area contributed by atoms with Gasteiger partial charge in [0.15, 0.2) is 0 Å². The van der Waals surface area contributed by atoms with Gasteiger partial charge in [-0.3, -0.25) is 4.90 Å². The third kappa shape index (κ3) is 3.67. The quantitative estimate of drug-likeness (QED) is 0.710. The molecular weight excluding hydrogens is 212 g/mol. The van der Waals surface area contributed by atoms with Gasteiger partial charge in [0.05, 0.1) is 6.10 Å². The second kappa shape index (κ2) is 7.34. The SMILES string of the molecule is CCCN(CC1CCCO1)C(CC)(CC)CN. The second-order valence-electron chi connectivity index (χ2n) is 5.22. The van der Waals surface area contributed by atoms with Crippen molar-refractivity contribution in [3.8, 4) is 0 Å². The van der Waals surface area contributed by atoms with E-state index in [0.29, 0.717) is 6.10 Å². The molecule has 2 N–H and O–H groups in total. The van der Waals surface area contributed by atoms with Gasteiger partial charge in [-0.15, -0.1) is 0 Å². The average Bonchev–Trinajstić information content (AvgIpc) is 2.85. The highest BCUT2D eigenvalue weighted by Gasteiger charge is 2.33. The van der Waals surface area contributed by atoms with Crippen LogP contribution in [-0.2, 0) is 4.74 Å². The predicted octanol–water partition coefficient (Wildman–Crippen LogP) is 2.39. The van der Waals surface area contributed by atoms with Crippen LogP contribution in [-0.4, -0.2) is 42.8 Å². The number of nitrogens with two attached hydrogens (primary N) is 1. The Morgan fingerprint density at radius 1 is 1.29 bits per heavy atom. The fraction of sp³-hybridized carbons (Fsp3) is 1.00. The van der Waals surface area contributed by atoms with Crippen LogP contribution in [0.25, 0.3) is 0 Å². The lowest BCUT2D eigenvalue weighted by molar-refractivity contribution is 0.0168. The summed E-state index contributed by atoms with van der Waals surface area (Å²) in [6, 6.07) is 0. The highest BCUT2D eigenvalue weighted by Crippen LogP contribution is 2.25. The molecule has 0 aromatic heterocycles. The van der Waals surface area contributed by atoms with Crippen LogP contribution in [0.15, 0.2) is 0 Å². The van der Waals surface area contributed by atoms with Crippen molar-refractivity contribution in [2.75, 3.05) is 26.2 Å². The number of hydrogen-bond donors (Lipinski definition) is 1. The van der Waals surface area contributed by atoms with Crippen molar-refractivity contribution in [3.05, 3.63) is 0 Å². The first kappa shape index (κ1) is 14.9. The summed E-state index contributed by atoms with van der Waals surface area (Å²) in [4.78, 5) is 2.59. The maximum absolute atomic E-state index is 6.05. The molecule has 0 aromatic rings. The molecule has 0 aliphatic carbocycles. The molecule has 0 bridgehead atoms. The summed E-state index contributed by atoms with van der Waals surface area (Å²) >= 11 is 0. The van der Waals surface area contributed by atoms with E-state index >= 15 is 0 Å². The van der Waals surface area contributed by atoms with Crippen molar-refractivity contribution in [1.82, 2.24) is 4.90 Å². The molecule has 1 aliphatic heterocycles. The lowest BCUT2D eigenvalue weighted by atomic mass is 9.90. The van der Waals surface area contributed by atoms with E-state index in [1.807, 2.05) is 0 Å². The highest BCUT2D eigenvalue weighted by molar-refractivity contribution is 4.91. The van der Waals surface area contributed by atoms with E-state index in [2.05, 4.69) is 25.7 Å². The van der Waals surface area contributed by atoms with E-state index < -0.39 is 0 Å². The maximum Gasteiger partial charge on any atom is 0.0703 e. The van der Waals surface area contributed by atoms with E-state index in [1.54, 1.807) is 0 Å². The van der Waals surface area contributed by atoms with Gasteiger partial charge in [0.2, 0.25) is 0 Å². The Kier molecular flexibility index (Phi) is 6.45. The second-order valence-corrected chi connectivity index (χ2v) is 5.22. The third-order valence-electron chi connectivity index (χ3n) is 4.31. The molecule has 0 spiro atoms. The molecule has 3 heteroatoms. The Labute approximate surface area is 107 Å². The van der Waals surface area contributed by atoms with Gasteiger partial charge in [-0.2, -0.15) is 0 Å². The van der Waals surface area contributed by atoms with Gasteiger partial charge in [0, 0.05) is 25.2 Å². The van der Waals surface area contributed by atoms with Crippen molar-refractivity contribution in [2.45, 2.75) is 64.5 Å². The van der Waals surface area contributed by atoms with Gasteiger partial charge in [-0.05, 0) is 38.6 Å². The fourth-order valence-corrected chi connectivity index (χ4v) is 2.94. The highest BCUT2D eigenvalue weighted by atomic mass is 16.5. The van der Waals surface area contributed by atoms with Crippen LogP contribution >= 0.6 is 0 Å². The first-order valence-corrected chi connectivity index (χ1v) is 7.29. The molecule has 1 fully saturated rings. The van der Waals surface area contributed by atoms with Crippen LogP contribution in [0.2, 0.25) is 0 Å². The van der Waals surface area contributed by atoms with Crippen molar-refractivity contribution in [1.29, 1.82) is 0 Å². The Bertz CT molecular complexity index is 190. The first-order chi connectivity index (χ1) is 8.22. The van der Waals surface area contributed by atoms with Crippen LogP contribution in [0.1, 0.15) is 52.9 Å². The first-order valence-electron chi connectivity index (χ1n) is 7.29. The van der Waals surface area contributed by atoms with Crippen LogP contribution in [0.4, 0.5) is 0 Å². The van der Waals surface area contributed by atoms with Gasteiger partial charge in [0.25, 0.3) is 0 Å². The number of ether oxygens (including phenoxy) is 1. The molecule has 1 rings (SSSR count). The molecule has 0 saturated carbocycles. The van der Waals surface area contributed by atoms with E-state index in [4.69, 9.17) is 10.5 Å². The summed E-state index contributed by atoms with van der Waals surface area (Å²) < 4.78 is 5.78.